The summed E-state index contributed by atoms with van der Waals surface area (Å²) in [5.74, 6) is 0.800. The predicted octanol–water partition coefficient (Wildman–Crippen LogP) is 3.82. The van der Waals surface area contributed by atoms with Gasteiger partial charge in [0.05, 0.1) is 13.2 Å². The van der Waals surface area contributed by atoms with Crippen LogP contribution in [0.1, 0.15) is 32.1 Å². The van der Waals surface area contributed by atoms with Crippen molar-refractivity contribution >= 4 is 27.9 Å². The summed E-state index contributed by atoms with van der Waals surface area (Å²) in [6.45, 7) is 4.60. The Morgan fingerprint density at radius 2 is 1.85 bits per heavy atom. The van der Waals surface area contributed by atoms with E-state index in [2.05, 4.69) is 20.2 Å². The quantitative estimate of drug-likeness (QED) is 0.757. The van der Waals surface area contributed by atoms with Crippen LogP contribution in [0.5, 0.6) is 0 Å². The maximum absolute atomic E-state index is 6.08. The molecule has 1 saturated carbocycles. The molecule has 142 valence electrons. The summed E-state index contributed by atoms with van der Waals surface area (Å²) in [6, 6.07) is 8.04. The van der Waals surface area contributed by atoms with Crippen molar-refractivity contribution in [3.63, 3.8) is 0 Å². The normalized spacial score (nSPS) is 20.9. The predicted molar refractivity (Wildman–Crippen MR) is 106 cm³/mol. The fourth-order valence-corrected chi connectivity index (χ4v) is 4.75. The smallest absolute Gasteiger partial charge is 0.196 e. The second-order valence-corrected chi connectivity index (χ2v) is 7.74. The molecule has 2 fully saturated rings. The summed E-state index contributed by atoms with van der Waals surface area (Å²) in [6.07, 6.45) is 8.02. The molecule has 3 aromatic rings. The second kappa shape index (κ2) is 7.09. The van der Waals surface area contributed by atoms with Gasteiger partial charge in [-0.15, -0.1) is 0 Å². The summed E-state index contributed by atoms with van der Waals surface area (Å²) in [5.41, 5.74) is 2.68. The van der Waals surface area contributed by atoms with E-state index in [9.17, 15) is 0 Å². The lowest BCUT2D eigenvalue weighted by atomic mass is 9.79. The zero-order chi connectivity index (χ0) is 18.1. The van der Waals surface area contributed by atoms with E-state index in [-0.39, 0.29) is 5.54 Å². The van der Waals surface area contributed by atoms with Crippen LogP contribution in [-0.4, -0.2) is 53.3 Å². The van der Waals surface area contributed by atoms with E-state index in [0.717, 1.165) is 60.7 Å². The molecule has 27 heavy (non-hydrogen) atoms. The molecule has 1 aliphatic carbocycles. The lowest BCUT2D eigenvalue weighted by Crippen LogP contribution is -2.58. The molecule has 0 unspecified atom stereocenters. The Bertz CT molecular complexity index is 926. The number of ether oxygens (including phenoxy) is 1. The summed E-state index contributed by atoms with van der Waals surface area (Å²) < 4.78 is 11.7. The molecule has 0 spiro atoms. The molecule has 0 atom stereocenters. The van der Waals surface area contributed by atoms with Gasteiger partial charge < -0.3 is 14.5 Å². The minimum atomic E-state index is 0.186. The maximum Gasteiger partial charge on any atom is 0.196 e. The van der Waals surface area contributed by atoms with Crippen LogP contribution in [0.15, 0.2) is 35.0 Å². The molecule has 1 aliphatic heterocycles. The van der Waals surface area contributed by atoms with E-state index < -0.39 is 0 Å². The van der Waals surface area contributed by atoms with E-state index in [1.165, 1.54) is 32.1 Å². The summed E-state index contributed by atoms with van der Waals surface area (Å²) in [5, 5.41) is 4.67. The van der Waals surface area contributed by atoms with Crippen LogP contribution >= 0.6 is 0 Å². The van der Waals surface area contributed by atoms with E-state index >= 15 is 0 Å². The first-order valence-electron chi connectivity index (χ1n) is 10.0. The third-order valence-corrected chi connectivity index (χ3v) is 6.21. The van der Waals surface area contributed by atoms with Gasteiger partial charge in [-0.1, -0.05) is 31.4 Å². The average molecular weight is 366 g/mol. The Morgan fingerprint density at radius 3 is 2.70 bits per heavy atom. The van der Waals surface area contributed by atoms with Crippen molar-refractivity contribution < 1.29 is 9.15 Å². The monoisotopic (exact) mass is 366 g/mol. The number of morpholine rings is 1. The molecule has 6 heteroatoms. The molecule has 1 aromatic carbocycles. The van der Waals surface area contributed by atoms with E-state index in [0.29, 0.717) is 0 Å². The van der Waals surface area contributed by atoms with Crippen molar-refractivity contribution in [2.75, 3.05) is 38.2 Å². The van der Waals surface area contributed by atoms with Gasteiger partial charge in [0.2, 0.25) is 0 Å². The molecule has 3 heterocycles. The van der Waals surface area contributed by atoms with Crippen LogP contribution in [0.4, 0.5) is 5.82 Å². The Labute approximate surface area is 158 Å². The molecule has 1 N–H and O–H groups in total. The SMILES string of the molecule is c1ccc2c(c1)oc1c(NCC3(N4CCOCC4)CCCCC3)ncnc12. The third-order valence-electron chi connectivity index (χ3n) is 6.21. The minimum Gasteiger partial charge on any atom is -0.450 e. The van der Waals surface area contributed by atoms with Crippen molar-refractivity contribution in [3.05, 3.63) is 30.6 Å². The topological polar surface area (TPSA) is 63.4 Å². The number of hydrogen-bond acceptors (Lipinski definition) is 6. The standard InChI is InChI=1S/C21H26N4O2/c1-4-8-21(9-5-1,25-10-12-26-13-11-25)14-22-20-19-18(23-15-24-20)16-6-2-3-7-17(16)27-19/h2-3,6-7,15H,1,4-5,8-14H2,(H,22,23,24). The van der Waals surface area contributed by atoms with Gasteiger partial charge in [-0.05, 0) is 25.0 Å². The number of hydrogen-bond donors (Lipinski definition) is 1. The molecule has 2 aromatic heterocycles. The van der Waals surface area contributed by atoms with Crippen LogP contribution in [0, 0.1) is 0 Å². The van der Waals surface area contributed by atoms with Crippen molar-refractivity contribution in [3.8, 4) is 0 Å². The van der Waals surface area contributed by atoms with E-state index in [4.69, 9.17) is 9.15 Å². The van der Waals surface area contributed by atoms with E-state index in [1.807, 2.05) is 24.3 Å². The van der Waals surface area contributed by atoms with Gasteiger partial charge in [-0.3, -0.25) is 4.90 Å². The van der Waals surface area contributed by atoms with Crippen LogP contribution in [-0.2, 0) is 4.74 Å². The fraction of sp³-hybridized carbons (Fsp3) is 0.524. The van der Waals surface area contributed by atoms with Crippen molar-refractivity contribution in [2.45, 2.75) is 37.6 Å². The average Bonchev–Trinajstić information content (AvgIpc) is 3.13. The third kappa shape index (κ3) is 3.07. The molecule has 6 nitrogen and oxygen atoms in total. The van der Waals surface area contributed by atoms with Crippen LogP contribution < -0.4 is 5.32 Å². The molecular formula is C21H26N4O2. The van der Waals surface area contributed by atoms with Gasteiger partial charge in [-0.2, -0.15) is 0 Å². The first-order valence-corrected chi connectivity index (χ1v) is 10.0. The highest BCUT2D eigenvalue weighted by Gasteiger charge is 2.38. The Kier molecular flexibility index (Phi) is 4.45. The first-order chi connectivity index (χ1) is 13.4. The summed E-state index contributed by atoms with van der Waals surface area (Å²) in [4.78, 5) is 11.6. The molecule has 0 radical (unpaired) electrons. The highest BCUT2D eigenvalue weighted by atomic mass is 16.5. The van der Waals surface area contributed by atoms with Crippen molar-refractivity contribution in [2.24, 2.45) is 0 Å². The molecule has 5 rings (SSSR count). The lowest BCUT2D eigenvalue weighted by molar-refractivity contribution is -0.0318. The zero-order valence-electron chi connectivity index (χ0n) is 15.6. The van der Waals surface area contributed by atoms with Gasteiger partial charge in [0.15, 0.2) is 11.4 Å². The zero-order valence-corrected chi connectivity index (χ0v) is 15.6. The van der Waals surface area contributed by atoms with Crippen LogP contribution in [0.2, 0.25) is 0 Å². The number of aromatic nitrogens is 2. The van der Waals surface area contributed by atoms with Gasteiger partial charge in [-0.25, -0.2) is 9.97 Å². The van der Waals surface area contributed by atoms with Gasteiger partial charge in [0.1, 0.15) is 17.4 Å². The highest BCUT2D eigenvalue weighted by Crippen LogP contribution is 2.36. The number of nitrogens with one attached hydrogen (secondary N) is 1. The van der Waals surface area contributed by atoms with Gasteiger partial charge >= 0.3 is 0 Å². The highest BCUT2D eigenvalue weighted by molar-refractivity contribution is 6.05. The molecule has 0 amide bonds. The fourth-order valence-electron chi connectivity index (χ4n) is 4.75. The van der Waals surface area contributed by atoms with Crippen molar-refractivity contribution in [1.29, 1.82) is 0 Å². The Hall–Kier alpha value is -2.18. The molecule has 2 aliphatic rings. The maximum atomic E-state index is 6.08. The Balaban J connectivity index is 1.45. The number of anilines is 1. The number of nitrogens with zero attached hydrogens (tertiary/aromatic N) is 3. The minimum absolute atomic E-state index is 0.186. The number of fused-ring (bicyclic) bond motifs is 3. The number of furan rings is 1. The van der Waals surface area contributed by atoms with Gasteiger partial charge in [0, 0.05) is 30.6 Å². The lowest BCUT2D eigenvalue weighted by Gasteiger charge is -2.48. The summed E-state index contributed by atoms with van der Waals surface area (Å²) >= 11 is 0. The summed E-state index contributed by atoms with van der Waals surface area (Å²) in [7, 11) is 0. The van der Waals surface area contributed by atoms with Crippen LogP contribution in [0.25, 0.3) is 22.1 Å². The molecule has 1 saturated heterocycles. The first kappa shape index (κ1) is 17.0. The van der Waals surface area contributed by atoms with Gasteiger partial charge in [0.25, 0.3) is 0 Å². The molecule has 0 bridgehead atoms. The van der Waals surface area contributed by atoms with Crippen LogP contribution in [0.3, 0.4) is 0 Å². The number of rotatable bonds is 4. The Morgan fingerprint density at radius 1 is 1.04 bits per heavy atom. The number of para-hydroxylation sites is 1. The van der Waals surface area contributed by atoms with E-state index in [1.54, 1.807) is 6.33 Å². The molecular weight excluding hydrogens is 340 g/mol. The number of benzene rings is 1. The second-order valence-electron chi connectivity index (χ2n) is 7.74. The van der Waals surface area contributed by atoms with Crippen molar-refractivity contribution in [1.82, 2.24) is 14.9 Å². The largest absolute Gasteiger partial charge is 0.450 e.